The molecule has 20 heavy (non-hydrogen) atoms. The molecule has 2 nitrogen and oxygen atoms in total. The molecule has 2 aromatic rings. The second-order valence-electron chi connectivity index (χ2n) is 4.11. The molecule has 0 aromatic heterocycles. The van der Waals surface area contributed by atoms with Gasteiger partial charge in [-0.2, -0.15) is 0 Å². The van der Waals surface area contributed by atoms with Crippen LogP contribution in [0.2, 0.25) is 0 Å². The number of benzene rings is 2. The van der Waals surface area contributed by atoms with Crippen LogP contribution in [-0.2, 0) is 11.9 Å². The van der Waals surface area contributed by atoms with Gasteiger partial charge in [-0.1, -0.05) is 28.1 Å². The largest absolute Gasteiger partial charge is 0.494 e. The smallest absolute Gasteiger partial charge is 0.171 e. The van der Waals surface area contributed by atoms with Crippen molar-refractivity contribution in [2.75, 3.05) is 7.11 Å². The van der Waals surface area contributed by atoms with E-state index in [1.54, 1.807) is 18.2 Å². The summed E-state index contributed by atoms with van der Waals surface area (Å²) in [7, 11) is 1.41. The van der Waals surface area contributed by atoms with Crippen LogP contribution in [0.3, 0.4) is 0 Å². The van der Waals surface area contributed by atoms with Gasteiger partial charge in [0.2, 0.25) is 0 Å². The number of methoxy groups -OCH3 is 1. The minimum absolute atomic E-state index is 0.0503. The Morgan fingerprint density at radius 3 is 2.55 bits per heavy atom. The predicted molar refractivity (Wildman–Crippen MR) is 76.3 cm³/mol. The number of alkyl halides is 1. The van der Waals surface area contributed by atoms with Gasteiger partial charge in [-0.05, 0) is 24.3 Å². The molecule has 0 spiro atoms. The van der Waals surface area contributed by atoms with Crippen molar-refractivity contribution >= 4 is 15.9 Å². The van der Waals surface area contributed by atoms with Gasteiger partial charge in [-0.15, -0.1) is 0 Å². The SMILES string of the molecule is COc1cccc(COc2ccc(F)cc2CBr)c1F. The Hall–Kier alpha value is -1.62. The molecule has 0 aliphatic heterocycles. The van der Waals surface area contributed by atoms with Crippen LogP contribution >= 0.6 is 15.9 Å². The van der Waals surface area contributed by atoms with Crippen LogP contribution in [0.5, 0.6) is 11.5 Å². The molecule has 0 unspecified atom stereocenters. The highest BCUT2D eigenvalue weighted by atomic mass is 79.9. The minimum Gasteiger partial charge on any atom is -0.494 e. The second kappa shape index (κ2) is 6.70. The highest BCUT2D eigenvalue weighted by molar-refractivity contribution is 9.08. The van der Waals surface area contributed by atoms with Crippen LogP contribution in [0.15, 0.2) is 36.4 Å². The van der Waals surface area contributed by atoms with Gasteiger partial charge < -0.3 is 9.47 Å². The van der Waals surface area contributed by atoms with Crippen molar-refractivity contribution < 1.29 is 18.3 Å². The molecule has 0 radical (unpaired) electrons. The molecule has 0 amide bonds. The lowest BCUT2D eigenvalue weighted by atomic mass is 10.2. The molecule has 0 bridgehead atoms. The third-order valence-electron chi connectivity index (χ3n) is 2.81. The van der Waals surface area contributed by atoms with E-state index in [-0.39, 0.29) is 18.2 Å². The molecule has 0 aliphatic carbocycles. The van der Waals surface area contributed by atoms with Crippen molar-refractivity contribution in [3.8, 4) is 11.5 Å². The highest BCUT2D eigenvalue weighted by Crippen LogP contribution is 2.25. The van der Waals surface area contributed by atoms with E-state index in [1.807, 2.05) is 0 Å². The van der Waals surface area contributed by atoms with E-state index in [1.165, 1.54) is 25.3 Å². The lowest BCUT2D eigenvalue weighted by Gasteiger charge is -2.12. The first-order valence-electron chi connectivity index (χ1n) is 5.94. The minimum atomic E-state index is -0.447. The summed E-state index contributed by atoms with van der Waals surface area (Å²) in [6.07, 6.45) is 0. The van der Waals surface area contributed by atoms with E-state index >= 15 is 0 Å². The number of hydrogen-bond acceptors (Lipinski definition) is 2. The zero-order valence-corrected chi connectivity index (χ0v) is 12.4. The number of hydrogen-bond donors (Lipinski definition) is 0. The standard InChI is InChI=1S/C15H13BrF2O2/c1-19-14-4-2-3-10(15(14)18)9-20-13-6-5-12(17)7-11(13)8-16/h2-7H,8-9H2,1H3. The van der Waals surface area contributed by atoms with Crippen LogP contribution in [0.1, 0.15) is 11.1 Å². The summed E-state index contributed by atoms with van der Waals surface area (Å²) in [6, 6.07) is 9.08. The average molecular weight is 343 g/mol. The van der Waals surface area contributed by atoms with E-state index in [2.05, 4.69) is 15.9 Å². The summed E-state index contributed by atoms with van der Waals surface area (Å²) in [6.45, 7) is 0.0503. The lowest BCUT2D eigenvalue weighted by Crippen LogP contribution is -2.02. The molecule has 0 fully saturated rings. The first kappa shape index (κ1) is 14.8. The van der Waals surface area contributed by atoms with Crippen LogP contribution in [0, 0.1) is 11.6 Å². The molecule has 2 aromatic carbocycles. The third-order valence-corrected chi connectivity index (χ3v) is 3.42. The van der Waals surface area contributed by atoms with Crippen molar-refractivity contribution in [1.29, 1.82) is 0 Å². The maximum Gasteiger partial charge on any atom is 0.171 e. The van der Waals surface area contributed by atoms with Crippen LogP contribution in [0.4, 0.5) is 8.78 Å². The maximum atomic E-state index is 13.9. The Labute approximate surface area is 124 Å². The summed E-state index contributed by atoms with van der Waals surface area (Å²) >= 11 is 3.27. The van der Waals surface area contributed by atoms with E-state index in [9.17, 15) is 8.78 Å². The van der Waals surface area contributed by atoms with Crippen molar-refractivity contribution in [3.63, 3.8) is 0 Å². The van der Waals surface area contributed by atoms with Crippen LogP contribution in [0.25, 0.3) is 0 Å². The van der Waals surface area contributed by atoms with Gasteiger partial charge in [0.05, 0.1) is 7.11 Å². The molecule has 0 saturated heterocycles. The van der Waals surface area contributed by atoms with Crippen LogP contribution in [-0.4, -0.2) is 7.11 Å². The van der Waals surface area contributed by atoms with Crippen molar-refractivity contribution in [1.82, 2.24) is 0 Å². The molecule has 0 N–H and O–H groups in total. The molecule has 0 heterocycles. The van der Waals surface area contributed by atoms with Gasteiger partial charge in [0.15, 0.2) is 11.6 Å². The van der Waals surface area contributed by atoms with Crippen molar-refractivity contribution in [2.45, 2.75) is 11.9 Å². The topological polar surface area (TPSA) is 18.5 Å². The normalized spacial score (nSPS) is 10.4. The molecule has 0 saturated carbocycles. The van der Waals surface area contributed by atoms with E-state index in [0.717, 1.165) is 0 Å². The Kier molecular flexibility index (Phi) is 4.95. The second-order valence-corrected chi connectivity index (χ2v) is 4.67. The van der Waals surface area contributed by atoms with Crippen molar-refractivity contribution in [2.24, 2.45) is 0 Å². The van der Waals surface area contributed by atoms with Gasteiger partial charge in [0.25, 0.3) is 0 Å². The predicted octanol–water partition coefficient (Wildman–Crippen LogP) is 4.45. The van der Waals surface area contributed by atoms with E-state index in [0.29, 0.717) is 22.2 Å². The van der Waals surface area contributed by atoms with Gasteiger partial charge in [-0.3, -0.25) is 0 Å². The fourth-order valence-electron chi connectivity index (χ4n) is 1.77. The molecular weight excluding hydrogens is 330 g/mol. The van der Waals surface area contributed by atoms with Crippen LogP contribution < -0.4 is 9.47 Å². The molecule has 5 heteroatoms. The molecule has 106 valence electrons. The Bertz CT molecular complexity index is 602. The van der Waals surface area contributed by atoms with Gasteiger partial charge in [0.1, 0.15) is 18.2 Å². The number of ether oxygens (including phenoxy) is 2. The Morgan fingerprint density at radius 1 is 1.05 bits per heavy atom. The first-order chi connectivity index (χ1) is 9.65. The summed E-state index contributed by atoms with van der Waals surface area (Å²) in [5.74, 6) is -0.0896. The van der Waals surface area contributed by atoms with Gasteiger partial charge in [0, 0.05) is 16.5 Å². The molecule has 0 aliphatic rings. The Morgan fingerprint density at radius 2 is 1.85 bits per heavy atom. The summed E-state index contributed by atoms with van der Waals surface area (Å²) in [5, 5.41) is 0.459. The average Bonchev–Trinajstić information content (AvgIpc) is 2.47. The third kappa shape index (κ3) is 3.28. The zero-order valence-electron chi connectivity index (χ0n) is 10.8. The monoisotopic (exact) mass is 342 g/mol. The molecular formula is C15H13BrF2O2. The quantitative estimate of drug-likeness (QED) is 0.747. The summed E-state index contributed by atoms with van der Waals surface area (Å²) in [4.78, 5) is 0. The first-order valence-corrected chi connectivity index (χ1v) is 7.06. The van der Waals surface area contributed by atoms with Gasteiger partial charge in [-0.25, -0.2) is 8.78 Å². The van der Waals surface area contributed by atoms with E-state index < -0.39 is 5.82 Å². The summed E-state index contributed by atoms with van der Waals surface area (Å²) in [5.41, 5.74) is 1.06. The number of rotatable bonds is 5. The van der Waals surface area contributed by atoms with E-state index in [4.69, 9.17) is 9.47 Å². The van der Waals surface area contributed by atoms with Gasteiger partial charge >= 0.3 is 0 Å². The fraction of sp³-hybridized carbons (Fsp3) is 0.200. The van der Waals surface area contributed by atoms with Crippen molar-refractivity contribution in [3.05, 3.63) is 59.2 Å². The highest BCUT2D eigenvalue weighted by Gasteiger charge is 2.10. The molecule has 0 atom stereocenters. The zero-order chi connectivity index (χ0) is 14.5. The lowest BCUT2D eigenvalue weighted by molar-refractivity contribution is 0.293. The fourth-order valence-corrected chi connectivity index (χ4v) is 2.21. The summed E-state index contributed by atoms with van der Waals surface area (Å²) < 4.78 is 37.5. The molecule has 2 rings (SSSR count). The maximum absolute atomic E-state index is 13.9. The number of halogens is 3. The Balaban J connectivity index is 2.17.